The fourth-order valence-electron chi connectivity index (χ4n) is 3.40. The Hall–Kier alpha value is -1.11. The SMILES string of the molecule is CC1(NCc2cc(C(=O)OCCCCCO)cc(Br)c2N)CCCCC1. The summed E-state index contributed by atoms with van der Waals surface area (Å²) in [7, 11) is 0. The molecule has 26 heavy (non-hydrogen) atoms. The van der Waals surface area contributed by atoms with Gasteiger partial charge < -0.3 is 20.9 Å². The van der Waals surface area contributed by atoms with Crippen LogP contribution in [0.25, 0.3) is 0 Å². The lowest BCUT2D eigenvalue weighted by Crippen LogP contribution is -2.43. The fourth-order valence-corrected chi connectivity index (χ4v) is 3.90. The third-order valence-corrected chi connectivity index (χ3v) is 5.81. The summed E-state index contributed by atoms with van der Waals surface area (Å²) in [6.07, 6.45) is 8.51. The van der Waals surface area contributed by atoms with Crippen molar-refractivity contribution < 1.29 is 14.6 Å². The second-order valence-electron chi connectivity index (χ2n) is 7.43. The molecule has 0 amide bonds. The van der Waals surface area contributed by atoms with Crippen LogP contribution in [0.3, 0.4) is 0 Å². The Morgan fingerprint density at radius 1 is 1.27 bits per heavy atom. The molecular formula is C20H31BrN2O3. The van der Waals surface area contributed by atoms with Crippen molar-refractivity contribution in [1.82, 2.24) is 5.32 Å². The number of nitrogens with one attached hydrogen (secondary N) is 1. The lowest BCUT2D eigenvalue weighted by atomic mass is 9.83. The molecule has 2 rings (SSSR count). The second kappa shape index (κ2) is 10.3. The molecule has 0 aromatic heterocycles. The van der Waals surface area contributed by atoms with Crippen LogP contribution in [0.5, 0.6) is 0 Å². The molecule has 1 saturated carbocycles. The molecule has 1 aromatic carbocycles. The summed E-state index contributed by atoms with van der Waals surface area (Å²) in [6.45, 7) is 3.45. The summed E-state index contributed by atoms with van der Waals surface area (Å²) < 4.78 is 6.06. The molecule has 1 aliphatic carbocycles. The summed E-state index contributed by atoms with van der Waals surface area (Å²) in [5, 5.41) is 12.4. The number of hydrogen-bond acceptors (Lipinski definition) is 5. The molecule has 0 heterocycles. The lowest BCUT2D eigenvalue weighted by molar-refractivity contribution is 0.0496. The number of halogens is 1. The van der Waals surface area contributed by atoms with Gasteiger partial charge in [-0.05, 0) is 72.7 Å². The van der Waals surface area contributed by atoms with Gasteiger partial charge in [-0.3, -0.25) is 0 Å². The summed E-state index contributed by atoms with van der Waals surface area (Å²) >= 11 is 3.46. The normalized spacial score (nSPS) is 16.4. The minimum atomic E-state index is -0.333. The van der Waals surface area contributed by atoms with Crippen LogP contribution >= 0.6 is 15.9 Å². The molecule has 0 aliphatic heterocycles. The predicted molar refractivity (Wildman–Crippen MR) is 108 cm³/mol. The van der Waals surface area contributed by atoms with Crippen LogP contribution in [-0.2, 0) is 11.3 Å². The fraction of sp³-hybridized carbons (Fsp3) is 0.650. The average molecular weight is 427 g/mol. The summed E-state index contributed by atoms with van der Waals surface area (Å²) in [5.74, 6) is -0.333. The van der Waals surface area contributed by atoms with Crippen LogP contribution in [-0.4, -0.2) is 29.8 Å². The molecule has 4 N–H and O–H groups in total. The first-order valence-corrected chi connectivity index (χ1v) is 10.4. The number of ether oxygens (including phenoxy) is 1. The maximum atomic E-state index is 12.3. The Labute approximate surface area is 164 Å². The van der Waals surface area contributed by atoms with E-state index in [2.05, 4.69) is 28.2 Å². The summed E-state index contributed by atoms with van der Waals surface area (Å²) in [6, 6.07) is 3.55. The number of benzene rings is 1. The number of nitrogens with two attached hydrogens (primary N) is 1. The topological polar surface area (TPSA) is 84.6 Å². The van der Waals surface area contributed by atoms with Crippen LogP contribution < -0.4 is 11.1 Å². The van der Waals surface area contributed by atoms with Crippen LogP contribution in [0.4, 0.5) is 5.69 Å². The highest BCUT2D eigenvalue weighted by molar-refractivity contribution is 9.10. The van der Waals surface area contributed by atoms with E-state index in [0.717, 1.165) is 29.3 Å². The molecule has 0 spiro atoms. The van der Waals surface area contributed by atoms with Crippen molar-refractivity contribution in [2.75, 3.05) is 18.9 Å². The van der Waals surface area contributed by atoms with E-state index < -0.39 is 0 Å². The first-order valence-electron chi connectivity index (χ1n) is 9.56. The molecule has 0 unspecified atom stereocenters. The number of carbonyl (C=O) groups is 1. The van der Waals surface area contributed by atoms with E-state index in [1.54, 1.807) is 6.07 Å². The van der Waals surface area contributed by atoms with Gasteiger partial charge in [0.1, 0.15) is 0 Å². The van der Waals surface area contributed by atoms with E-state index >= 15 is 0 Å². The maximum Gasteiger partial charge on any atom is 0.338 e. The Balaban J connectivity index is 1.97. The zero-order valence-corrected chi connectivity index (χ0v) is 17.2. The molecule has 1 aromatic rings. The quantitative estimate of drug-likeness (QED) is 0.313. The van der Waals surface area contributed by atoms with Gasteiger partial charge in [-0.15, -0.1) is 0 Å². The molecule has 1 fully saturated rings. The van der Waals surface area contributed by atoms with Crippen LogP contribution in [0, 0.1) is 0 Å². The number of aliphatic hydroxyl groups is 1. The van der Waals surface area contributed by atoms with E-state index in [0.29, 0.717) is 24.4 Å². The zero-order valence-electron chi connectivity index (χ0n) is 15.7. The van der Waals surface area contributed by atoms with Gasteiger partial charge in [-0.2, -0.15) is 0 Å². The highest BCUT2D eigenvalue weighted by Crippen LogP contribution is 2.30. The van der Waals surface area contributed by atoms with Crippen LogP contribution in [0.1, 0.15) is 74.2 Å². The molecule has 0 atom stereocenters. The number of unbranched alkanes of at least 4 members (excludes halogenated alkanes) is 2. The van der Waals surface area contributed by atoms with Gasteiger partial charge in [-0.25, -0.2) is 4.79 Å². The van der Waals surface area contributed by atoms with Crippen molar-refractivity contribution in [2.24, 2.45) is 0 Å². The van der Waals surface area contributed by atoms with E-state index in [-0.39, 0.29) is 18.1 Å². The van der Waals surface area contributed by atoms with Gasteiger partial charge in [0.15, 0.2) is 0 Å². The van der Waals surface area contributed by atoms with Gasteiger partial charge >= 0.3 is 5.97 Å². The summed E-state index contributed by atoms with van der Waals surface area (Å²) in [5.41, 5.74) is 8.43. The van der Waals surface area contributed by atoms with Crippen LogP contribution in [0.2, 0.25) is 0 Å². The van der Waals surface area contributed by atoms with E-state index in [1.165, 1.54) is 32.1 Å². The summed E-state index contributed by atoms with van der Waals surface area (Å²) in [4.78, 5) is 12.3. The highest BCUT2D eigenvalue weighted by atomic mass is 79.9. The molecule has 0 bridgehead atoms. The zero-order chi connectivity index (χ0) is 19.0. The second-order valence-corrected chi connectivity index (χ2v) is 8.28. The van der Waals surface area contributed by atoms with Crippen molar-refractivity contribution in [3.63, 3.8) is 0 Å². The molecule has 146 valence electrons. The molecule has 0 radical (unpaired) electrons. The monoisotopic (exact) mass is 426 g/mol. The van der Waals surface area contributed by atoms with E-state index in [9.17, 15) is 4.79 Å². The van der Waals surface area contributed by atoms with Gasteiger partial charge in [0.2, 0.25) is 0 Å². The number of carbonyl (C=O) groups excluding carboxylic acids is 1. The average Bonchev–Trinajstić information content (AvgIpc) is 2.63. The molecule has 1 aliphatic rings. The number of hydrogen-bond donors (Lipinski definition) is 3. The first kappa shape index (κ1) is 21.2. The Morgan fingerprint density at radius 2 is 2.00 bits per heavy atom. The Morgan fingerprint density at radius 3 is 2.69 bits per heavy atom. The molecule has 5 nitrogen and oxygen atoms in total. The third kappa shape index (κ3) is 6.25. The van der Waals surface area contributed by atoms with Crippen molar-refractivity contribution in [3.8, 4) is 0 Å². The maximum absolute atomic E-state index is 12.3. The highest BCUT2D eigenvalue weighted by Gasteiger charge is 2.26. The van der Waals surface area contributed by atoms with Crippen molar-refractivity contribution in [2.45, 2.75) is 70.4 Å². The molecule has 6 heteroatoms. The number of aliphatic hydroxyl groups excluding tert-OH is 1. The van der Waals surface area contributed by atoms with Gasteiger partial charge in [0, 0.05) is 23.2 Å². The lowest BCUT2D eigenvalue weighted by Gasteiger charge is -2.35. The smallest absolute Gasteiger partial charge is 0.338 e. The predicted octanol–water partition coefficient (Wildman–Crippen LogP) is 4.16. The first-order chi connectivity index (χ1) is 12.4. The number of rotatable bonds is 9. The number of esters is 1. The van der Waals surface area contributed by atoms with Crippen molar-refractivity contribution in [3.05, 3.63) is 27.7 Å². The van der Waals surface area contributed by atoms with E-state index in [1.807, 2.05) is 6.07 Å². The van der Waals surface area contributed by atoms with Crippen LogP contribution in [0.15, 0.2) is 16.6 Å². The Kier molecular flexibility index (Phi) is 8.38. The van der Waals surface area contributed by atoms with E-state index in [4.69, 9.17) is 15.6 Å². The van der Waals surface area contributed by atoms with Crippen molar-refractivity contribution >= 4 is 27.6 Å². The third-order valence-electron chi connectivity index (χ3n) is 5.15. The number of nitrogen functional groups attached to an aromatic ring is 1. The Bertz CT molecular complexity index is 601. The molecule has 0 saturated heterocycles. The number of anilines is 1. The van der Waals surface area contributed by atoms with Crippen molar-refractivity contribution in [1.29, 1.82) is 0 Å². The standard InChI is InChI=1S/C20H31BrN2O3/c1-20(8-4-2-5-9-20)23-14-16-12-15(13-17(21)18(16)22)19(25)26-11-7-3-6-10-24/h12-13,23-24H,2-11,14,22H2,1H3. The minimum Gasteiger partial charge on any atom is -0.462 e. The van der Waals surface area contributed by atoms with Gasteiger partial charge in [0.05, 0.1) is 17.9 Å². The van der Waals surface area contributed by atoms with Gasteiger partial charge in [0.25, 0.3) is 0 Å². The largest absolute Gasteiger partial charge is 0.462 e. The minimum absolute atomic E-state index is 0.139. The van der Waals surface area contributed by atoms with Gasteiger partial charge in [-0.1, -0.05) is 19.3 Å². The molecular weight excluding hydrogens is 396 g/mol.